The molecule has 1 fully saturated rings. The van der Waals surface area contributed by atoms with Crippen molar-refractivity contribution in [3.63, 3.8) is 0 Å². The van der Waals surface area contributed by atoms with Crippen molar-refractivity contribution in [2.75, 3.05) is 44.6 Å². The standard InChI is InChI=1S/C28H32N6O4/c1-2-37-19-13-24(35)33-17-15-32(16-18-33)23-12-14-30-26-25(23)31-34(27(26)28(29)36)20-8-10-22(11-9-20)38-21-6-4-3-5-7-21/h3-11,13,19,23,30H,2,12,14-18H2,1H3,(H2,29,36)/b19-13+/t23-/m1/s1. The molecule has 1 atom stereocenters. The molecule has 0 bridgehead atoms. The maximum absolute atomic E-state index is 12.6. The Bertz CT molecular complexity index is 1300. The van der Waals surface area contributed by atoms with Crippen LogP contribution in [0.1, 0.15) is 35.6 Å². The Morgan fingerprint density at radius 1 is 1.05 bits per heavy atom. The molecular formula is C28H32N6O4. The second-order valence-corrected chi connectivity index (χ2v) is 9.14. The van der Waals surface area contributed by atoms with Crippen molar-refractivity contribution in [2.24, 2.45) is 5.73 Å². The predicted molar refractivity (Wildman–Crippen MR) is 143 cm³/mol. The monoisotopic (exact) mass is 516 g/mol. The normalized spacial score (nSPS) is 17.6. The smallest absolute Gasteiger partial charge is 0.269 e. The summed E-state index contributed by atoms with van der Waals surface area (Å²) >= 11 is 0. The van der Waals surface area contributed by atoms with Crippen LogP contribution in [-0.4, -0.2) is 70.7 Å². The number of anilines is 1. The van der Waals surface area contributed by atoms with Crippen molar-refractivity contribution in [2.45, 2.75) is 19.4 Å². The molecule has 5 rings (SSSR count). The van der Waals surface area contributed by atoms with E-state index >= 15 is 0 Å². The van der Waals surface area contributed by atoms with Crippen LogP contribution in [0.4, 0.5) is 5.69 Å². The van der Waals surface area contributed by atoms with E-state index in [1.54, 1.807) is 4.68 Å². The van der Waals surface area contributed by atoms with Gasteiger partial charge in [0, 0.05) is 38.8 Å². The van der Waals surface area contributed by atoms with Crippen LogP contribution in [0.5, 0.6) is 11.5 Å². The van der Waals surface area contributed by atoms with E-state index in [9.17, 15) is 9.59 Å². The molecule has 0 spiro atoms. The van der Waals surface area contributed by atoms with Crippen molar-refractivity contribution < 1.29 is 19.1 Å². The summed E-state index contributed by atoms with van der Waals surface area (Å²) in [5.41, 5.74) is 8.36. The summed E-state index contributed by atoms with van der Waals surface area (Å²) in [6, 6.07) is 17.0. The molecule has 0 aliphatic carbocycles. The summed E-state index contributed by atoms with van der Waals surface area (Å²) in [6.45, 7) is 5.75. The highest BCUT2D eigenvalue weighted by molar-refractivity contribution is 5.98. The largest absolute Gasteiger partial charge is 0.501 e. The highest BCUT2D eigenvalue weighted by Crippen LogP contribution is 2.37. The number of para-hydroxylation sites is 1. The van der Waals surface area contributed by atoms with E-state index in [1.165, 1.54) is 12.3 Å². The number of carbonyl (C=O) groups excluding carboxylic acids is 2. The van der Waals surface area contributed by atoms with Gasteiger partial charge in [0.1, 0.15) is 17.2 Å². The fourth-order valence-electron chi connectivity index (χ4n) is 4.92. The number of hydrogen-bond donors (Lipinski definition) is 2. The Balaban J connectivity index is 1.35. The highest BCUT2D eigenvalue weighted by atomic mass is 16.5. The molecule has 10 heteroatoms. The molecule has 1 aromatic heterocycles. The van der Waals surface area contributed by atoms with Crippen LogP contribution in [0.15, 0.2) is 66.9 Å². The predicted octanol–water partition coefficient (Wildman–Crippen LogP) is 3.31. The zero-order valence-corrected chi connectivity index (χ0v) is 21.4. The van der Waals surface area contributed by atoms with Gasteiger partial charge in [-0.3, -0.25) is 14.5 Å². The fourth-order valence-corrected chi connectivity index (χ4v) is 4.92. The Hall–Kier alpha value is -4.31. The molecule has 3 aromatic rings. The number of fused-ring (bicyclic) bond motifs is 1. The van der Waals surface area contributed by atoms with Crippen LogP contribution in [0.25, 0.3) is 5.69 Å². The van der Waals surface area contributed by atoms with Crippen LogP contribution >= 0.6 is 0 Å². The maximum Gasteiger partial charge on any atom is 0.269 e. The van der Waals surface area contributed by atoms with E-state index < -0.39 is 5.91 Å². The van der Waals surface area contributed by atoms with Crippen molar-refractivity contribution in [3.8, 4) is 17.2 Å². The molecule has 2 aliphatic rings. The van der Waals surface area contributed by atoms with Gasteiger partial charge in [0.2, 0.25) is 5.91 Å². The topological polar surface area (TPSA) is 115 Å². The molecule has 10 nitrogen and oxygen atoms in total. The summed E-state index contributed by atoms with van der Waals surface area (Å²) in [6.07, 6.45) is 3.76. The van der Waals surface area contributed by atoms with Crippen molar-refractivity contribution in [3.05, 3.63) is 78.3 Å². The summed E-state index contributed by atoms with van der Waals surface area (Å²) < 4.78 is 12.7. The zero-order chi connectivity index (χ0) is 26.5. The van der Waals surface area contributed by atoms with Crippen LogP contribution in [-0.2, 0) is 9.53 Å². The maximum atomic E-state index is 12.6. The fraction of sp³-hybridized carbons (Fsp3) is 0.321. The Kier molecular flexibility index (Phi) is 7.60. The number of benzene rings is 2. The van der Waals surface area contributed by atoms with E-state index in [0.717, 1.165) is 17.9 Å². The summed E-state index contributed by atoms with van der Waals surface area (Å²) in [5, 5.41) is 8.23. The summed E-state index contributed by atoms with van der Waals surface area (Å²) in [4.78, 5) is 29.1. The minimum Gasteiger partial charge on any atom is -0.501 e. The number of ether oxygens (including phenoxy) is 2. The number of piperazine rings is 1. The molecule has 0 radical (unpaired) electrons. The number of hydrogen-bond acceptors (Lipinski definition) is 7. The van der Waals surface area contributed by atoms with Crippen LogP contribution in [0.3, 0.4) is 0 Å². The third-order valence-corrected chi connectivity index (χ3v) is 6.78. The van der Waals surface area contributed by atoms with Gasteiger partial charge in [-0.25, -0.2) is 4.68 Å². The first-order valence-corrected chi connectivity index (χ1v) is 12.9. The average molecular weight is 517 g/mol. The number of rotatable bonds is 8. The lowest BCUT2D eigenvalue weighted by Crippen LogP contribution is -2.50. The second kappa shape index (κ2) is 11.4. The van der Waals surface area contributed by atoms with E-state index in [1.807, 2.05) is 66.4 Å². The van der Waals surface area contributed by atoms with Crippen LogP contribution < -0.4 is 15.8 Å². The first-order chi connectivity index (χ1) is 18.5. The molecular weight excluding hydrogens is 484 g/mol. The molecule has 2 amide bonds. The van der Waals surface area contributed by atoms with Gasteiger partial charge < -0.3 is 25.4 Å². The minimum absolute atomic E-state index is 0.0162. The molecule has 0 unspecified atom stereocenters. The van der Waals surface area contributed by atoms with E-state index in [-0.39, 0.29) is 11.9 Å². The lowest BCUT2D eigenvalue weighted by atomic mass is 10.0. The lowest BCUT2D eigenvalue weighted by molar-refractivity contribution is -0.128. The minimum atomic E-state index is -0.548. The molecule has 2 aromatic carbocycles. The third kappa shape index (κ3) is 5.35. The SMILES string of the molecule is CCO/C=C/C(=O)N1CCN([C@@H]2CCNc3c2nn(-c2ccc(Oc4ccccc4)cc2)c3C(N)=O)CC1. The Morgan fingerprint density at radius 3 is 2.45 bits per heavy atom. The first kappa shape index (κ1) is 25.3. The lowest BCUT2D eigenvalue weighted by Gasteiger charge is -2.40. The number of nitrogens with zero attached hydrogens (tertiary/aromatic N) is 4. The zero-order valence-electron chi connectivity index (χ0n) is 21.4. The quantitative estimate of drug-likeness (QED) is 0.349. The average Bonchev–Trinajstić information content (AvgIpc) is 3.34. The van der Waals surface area contributed by atoms with Gasteiger partial charge in [-0.1, -0.05) is 18.2 Å². The Labute approximate surface area is 221 Å². The van der Waals surface area contributed by atoms with Crippen molar-refractivity contribution in [1.29, 1.82) is 0 Å². The van der Waals surface area contributed by atoms with Gasteiger partial charge in [0.05, 0.1) is 30.3 Å². The first-order valence-electron chi connectivity index (χ1n) is 12.9. The molecule has 2 aliphatic heterocycles. The van der Waals surface area contributed by atoms with Crippen molar-refractivity contribution >= 4 is 17.5 Å². The molecule has 38 heavy (non-hydrogen) atoms. The summed E-state index contributed by atoms with van der Waals surface area (Å²) in [7, 11) is 0. The van der Waals surface area contributed by atoms with E-state index in [0.29, 0.717) is 62.1 Å². The molecule has 0 saturated carbocycles. The molecule has 198 valence electrons. The molecule has 3 heterocycles. The number of amides is 2. The molecule has 3 N–H and O–H groups in total. The van der Waals surface area contributed by atoms with Crippen molar-refractivity contribution in [1.82, 2.24) is 19.6 Å². The Morgan fingerprint density at radius 2 is 1.76 bits per heavy atom. The van der Waals surface area contributed by atoms with Gasteiger partial charge in [0.15, 0.2) is 5.69 Å². The van der Waals surface area contributed by atoms with Gasteiger partial charge in [0.25, 0.3) is 5.91 Å². The third-order valence-electron chi connectivity index (χ3n) is 6.78. The van der Waals surface area contributed by atoms with E-state index in [2.05, 4.69) is 10.2 Å². The van der Waals surface area contributed by atoms with Gasteiger partial charge >= 0.3 is 0 Å². The number of aromatic nitrogens is 2. The number of nitrogens with one attached hydrogen (secondary N) is 1. The van der Waals surface area contributed by atoms with E-state index in [4.69, 9.17) is 20.3 Å². The number of nitrogens with two attached hydrogens (primary N) is 1. The summed E-state index contributed by atoms with van der Waals surface area (Å²) in [5.74, 6) is 0.820. The van der Waals surface area contributed by atoms with Gasteiger partial charge in [-0.15, -0.1) is 0 Å². The second-order valence-electron chi connectivity index (χ2n) is 9.14. The van der Waals surface area contributed by atoms with Gasteiger partial charge in [-0.2, -0.15) is 5.10 Å². The van der Waals surface area contributed by atoms with Gasteiger partial charge in [-0.05, 0) is 49.7 Å². The molecule has 1 saturated heterocycles. The van der Waals surface area contributed by atoms with Crippen LogP contribution in [0.2, 0.25) is 0 Å². The number of carbonyl (C=O) groups is 2. The highest BCUT2D eigenvalue weighted by Gasteiger charge is 2.35. The van der Waals surface area contributed by atoms with Crippen LogP contribution in [0, 0.1) is 0 Å². The number of primary amides is 1.